The van der Waals surface area contributed by atoms with Crippen molar-refractivity contribution in [3.8, 4) is 0 Å². The topological polar surface area (TPSA) is 76.0 Å². The van der Waals surface area contributed by atoms with Gasteiger partial charge >= 0.3 is 0 Å². The lowest BCUT2D eigenvalue weighted by Gasteiger charge is -2.09. The third-order valence-electron chi connectivity index (χ3n) is 4.04. The summed E-state index contributed by atoms with van der Waals surface area (Å²) in [7, 11) is 1.58. The number of carbonyl (C=O) groups is 2. The van der Waals surface area contributed by atoms with Crippen LogP contribution in [0.25, 0.3) is 0 Å². The van der Waals surface area contributed by atoms with Gasteiger partial charge in [-0.3, -0.25) is 14.3 Å². The molecule has 0 fully saturated rings. The SMILES string of the molecule is CNC(=O)c1cccc(NC(=O)Cc2c(C)nn(CC(C)C)c2C)c1. The highest BCUT2D eigenvalue weighted by Gasteiger charge is 2.16. The van der Waals surface area contributed by atoms with E-state index in [-0.39, 0.29) is 18.2 Å². The van der Waals surface area contributed by atoms with Crippen LogP contribution in [-0.2, 0) is 17.8 Å². The Morgan fingerprint density at radius 3 is 2.60 bits per heavy atom. The van der Waals surface area contributed by atoms with Gasteiger partial charge < -0.3 is 10.6 Å². The van der Waals surface area contributed by atoms with Gasteiger partial charge in [-0.2, -0.15) is 5.10 Å². The van der Waals surface area contributed by atoms with Gasteiger partial charge in [0.15, 0.2) is 0 Å². The Balaban J connectivity index is 2.11. The number of nitrogens with one attached hydrogen (secondary N) is 2. The van der Waals surface area contributed by atoms with E-state index in [1.807, 2.05) is 18.5 Å². The van der Waals surface area contributed by atoms with Crippen LogP contribution in [0.15, 0.2) is 24.3 Å². The van der Waals surface area contributed by atoms with Gasteiger partial charge in [-0.1, -0.05) is 19.9 Å². The molecule has 0 aliphatic carbocycles. The molecule has 0 spiro atoms. The largest absolute Gasteiger partial charge is 0.355 e. The van der Waals surface area contributed by atoms with E-state index in [2.05, 4.69) is 29.6 Å². The summed E-state index contributed by atoms with van der Waals surface area (Å²) in [5.41, 5.74) is 3.99. The van der Waals surface area contributed by atoms with Crippen LogP contribution >= 0.6 is 0 Å². The van der Waals surface area contributed by atoms with Gasteiger partial charge in [0, 0.05) is 36.1 Å². The van der Waals surface area contributed by atoms with Gasteiger partial charge in [-0.25, -0.2) is 0 Å². The Bertz CT molecular complexity index is 778. The molecule has 6 heteroatoms. The molecule has 25 heavy (non-hydrogen) atoms. The third-order valence-corrected chi connectivity index (χ3v) is 4.04. The van der Waals surface area contributed by atoms with E-state index in [0.717, 1.165) is 23.5 Å². The fourth-order valence-electron chi connectivity index (χ4n) is 2.76. The van der Waals surface area contributed by atoms with Crippen molar-refractivity contribution in [1.29, 1.82) is 0 Å². The summed E-state index contributed by atoms with van der Waals surface area (Å²) in [5.74, 6) is 0.189. The number of hydrogen-bond donors (Lipinski definition) is 2. The molecule has 0 aliphatic rings. The van der Waals surface area contributed by atoms with Crippen molar-refractivity contribution in [3.05, 3.63) is 46.8 Å². The maximum absolute atomic E-state index is 12.4. The number of carbonyl (C=O) groups excluding carboxylic acids is 2. The quantitative estimate of drug-likeness (QED) is 0.847. The first-order chi connectivity index (χ1) is 11.8. The summed E-state index contributed by atoms with van der Waals surface area (Å²) < 4.78 is 1.97. The molecular formula is C19H26N4O2. The normalized spacial score (nSPS) is 10.8. The van der Waals surface area contributed by atoms with Gasteiger partial charge in [0.1, 0.15) is 0 Å². The van der Waals surface area contributed by atoms with E-state index < -0.39 is 0 Å². The fourth-order valence-corrected chi connectivity index (χ4v) is 2.76. The van der Waals surface area contributed by atoms with Crippen molar-refractivity contribution in [2.45, 2.75) is 40.7 Å². The zero-order valence-electron chi connectivity index (χ0n) is 15.5. The Morgan fingerprint density at radius 2 is 1.96 bits per heavy atom. The standard InChI is InChI=1S/C19H26N4O2/c1-12(2)11-23-14(4)17(13(3)22-23)10-18(24)21-16-8-6-7-15(9-16)19(25)20-5/h6-9,12H,10-11H2,1-5H3,(H,20,25)(H,21,24). The molecule has 0 saturated carbocycles. The first-order valence-corrected chi connectivity index (χ1v) is 8.46. The number of amides is 2. The second-order valence-corrected chi connectivity index (χ2v) is 6.61. The van der Waals surface area contributed by atoms with Crippen LogP contribution in [0.2, 0.25) is 0 Å². The molecule has 2 N–H and O–H groups in total. The van der Waals surface area contributed by atoms with E-state index in [0.29, 0.717) is 17.2 Å². The van der Waals surface area contributed by atoms with Gasteiger partial charge in [-0.15, -0.1) is 0 Å². The van der Waals surface area contributed by atoms with Crippen LogP contribution in [-0.4, -0.2) is 28.6 Å². The molecule has 1 aromatic heterocycles. The molecule has 6 nitrogen and oxygen atoms in total. The van der Waals surface area contributed by atoms with Crippen LogP contribution in [0.5, 0.6) is 0 Å². The van der Waals surface area contributed by atoms with Crippen molar-refractivity contribution in [3.63, 3.8) is 0 Å². The first-order valence-electron chi connectivity index (χ1n) is 8.46. The van der Waals surface area contributed by atoms with Crippen LogP contribution in [0.3, 0.4) is 0 Å². The second kappa shape index (κ2) is 7.96. The lowest BCUT2D eigenvalue weighted by Crippen LogP contribution is -2.19. The molecule has 0 unspecified atom stereocenters. The zero-order valence-corrected chi connectivity index (χ0v) is 15.5. The monoisotopic (exact) mass is 342 g/mol. The Labute approximate surface area is 148 Å². The number of hydrogen-bond acceptors (Lipinski definition) is 3. The lowest BCUT2D eigenvalue weighted by atomic mass is 10.1. The molecule has 1 aromatic carbocycles. The number of anilines is 1. The highest BCUT2D eigenvalue weighted by Crippen LogP contribution is 2.17. The molecule has 2 amide bonds. The van der Waals surface area contributed by atoms with Crippen LogP contribution in [0.1, 0.15) is 41.2 Å². The lowest BCUT2D eigenvalue weighted by molar-refractivity contribution is -0.115. The van der Waals surface area contributed by atoms with Crippen molar-refractivity contribution in [2.24, 2.45) is 5.92 Å². The molecule has 0 aliphatic heterocycles. The summed E-state index contributed by atoms with van der Waals surface area (Å²) in [5, 5.41) is 9.97. The Hall–Kier alpha value is -2.63. The molecule has 2 aromatic rings. The highest BCUT2D eigenvalue weighted by molar-refractivity contribution is 5.97. The molecule has 0 bridgehead atoms. The van der Waals surface area contributed by atoms with Crippen LogP contribution in [0, 0.1) is 19.8 Å². The molecule has 0 saturated heterocycles. The first kappa shape index (κ1) is 18.7. The molecule has 0 atom stereocenters. The smallest absolute Gasteiger partial charge is 0.251 e. The van der Waals surface area contributed by atoms with E-state index in [4.69, 9.17) is 0 Å². The predicted octanol–water partition coefficient (Wildman–Crippen LogP) is 2.70. The molecule has 134 valence electrons. The molecule has 2 rings (SSSR count). The Morgan fingerprint density at radius 1 is 1.24 bits per heavy atom. The highest BCUT2D eigenvalue weighted by atomic mass is 16.2. The third kappa shape index (κ3) is 4.68. The van der Waals surface area contributed by atoms with Crippen molar-refractivity contribution >= 4 is 17.5 Å². The summed E-state index contributed by atoms with van der Waals surface area (Å²) in [6, 6.07) is 6.89. The summed E-state index contributed by atoms with van der Waals surface area (Å²) >= 11 is 0. The number of rotatable bonds is 6. The number of aryl methyl sites for hydroxylation is 1. The molecular weight excluding hydrogens is 316 g/mol. The molecule has 0 radical (unpaired) electrons. The van der Waals surface area contributed by atoms with Crippen LogP contribution < -0.4 is 10.6 Å². The van der Waals surface area contributed by atoms with Crippen molar-refractivity contribution in [1.82, 2.24) is 15.1 Å². The average Bonchev–Trinajstić information content (AvgIpc) is 2.81. The minimum absolute atomic E-state index is 0.121. The van der Waals surface area contributed by atoms with Gasteiger partial charge in [0.2, 0.25) is 5.91 Å². The zero-order chi connectivity index (χ0) is 18.6. The van der Waals surface area contributed by atoms with E-state index in [9.17, 15) is 9.59 Å². The van der Waals surface area contributed by atoms with Gasteiger partial charge in [0.05, 0.1) is 12.1 Å². The van der Waals surface area contributed by atoms with Crippen molar-refractivity contribution < 1.29 is 9.59 Å². The average molecular weight is 342 g/mol. The minimum Gasteiger partial charge on any atom is -0.355 e. The maximum Gasteiger partial charge on any atom is 0.251 e. The number of nitrogens with zero attached hydrogens (tertiary/aromatic N) is 2. The number of aromatic nitrogens is 2. The van der Waals surface area contributed by atoms with E-state index in [1.54, 1.807) is 31.3 Å². The Kier molecular flexibility index (Phi) is 5.96. The fraction of sp³-hybridized carbons (Fsp3) is 0.421. The maximum atomic E-state index is 12.4. The predicted molar refractivity (Wildman–Crippen MR) is 98.7 cm³/mol. The van der Waals surface area contributed by atoms with E-state index >= 15 is 0 Å². The number of benzene rings is 1. The van der Waals surface area contributed by atoms with Crippen LogP contribution in [0.4, 0.5) is 5.69 Å². The van der Waals surface area contributed by atoms with Gasteiger partial charge in [-0.05, 0) is 38.0 Å². The van der Waals surface area contributed by atoms with E-state index in [1.165, 1.54) is 0 Å². The summed E-state index contributed by atoms with van der Waals surface area (Å²) in [6.45, 7) is 9.04. The molecule has 1 heterocycles. The van der Waals surface area contributed by atoms with Crippen molar-refractivity contribution in [2.75, 3.05) is 12.4 Å². The second-order valence-electron chi connectivity index (χ2n) is 6.61. The summed E-state index contributed by atoms with van der Waals surface area (Å²) in [4.78, 5) is 24.1. The minimum atomic E-state index is -0.183. The van der Waals surface area contributed by atoms with Gasteiger partial charge in [0.25, 0.3) is 5.91 Å². The summed E-state index contributed by atoms with van der Waals surface area (Å²) in [6.07, 6.45) is 0.264.